The molecule has 0 unspecified atom stereocenters. The molecular weight excluding hydrogens is 277 g/mol. The van der Waals surface area contributed by atoms with E-state index in [1.165, 1.54) is 18.2 Å². The van der Waals surface area contributed by atoms with E-state index in [0.29, 0.717) is 16.3 Å². The van der Waals surface area contributed by atoms with E-state index in [4.69, 9.17) is 16.3 Å². The van der Waals surface area contributed by atoms with E-state index >= 15 is 0 Å². The quantitative estimate of drug-likeness (QED) is 0.702. The maximum Gasteiger partial charge on any atom is 0.138 e. The minimum absolute atomic E-state index is 0.205. The summed E-state index contributed by atoms with van der Waals surface area (Å²) in [5, 5.41) is 1.48. The third kappa shape index (κ3) is 2.73. The minimum Gasteiger partial charge on any atom is -0.487 e. The lowest BCUT2D eigenvalue weighted by Crippen LogP contribution is -1.97. The number of nitrogens with zero attached hydrogens (tertiary/aromatic N) is 1. The number of fused-ring (bicyclic) bond motifs is 1. The SMILES string of the molecule is Fc1ccc(Cl)c(COc2cnc3ccccc3c2)c1. The zero-order valence-electron chi connectivity index (χ0n) is 10.5. The molecule has 1 aromatic heterocycles. The van der Waals surface area contributed by atoms with Crippen LogP contribution < -0.4 is 4.74 Å². The normalized spacial score (nSPS) is 10.7. The molecule has 0 radical (unpaired) electrons. The maximum atomic E-state index is 13.2. The van der Waals surface area contributed by atoms with Gasteiger partial charge in [0.05, 0.1) is 11.7 Å². The average Bonchev–Trinajstić information content (AvgIpc) is 2.48. The van der Waals surface area contributed by atoms with E-state index in [1.807, 2.05) is 30.3 Å². The number of rotatable bonds is 3. The number of benzene rings is 2. The summed E-state index contributed by atoms with van der Waals surface area (Å²) in [6.07, 6.45) is 1.65. The van der Waals surface area contributed by atoms with Gasteiger partial charge in [0.1, 0.15) is 18.2 Å². The summed E-state index contributed by atoms with van der Waals surface area (Å²) in [6.45, 7) is 0.205. The second kappa shape index (κ2) is 5.47. The fourth-order valence-corrected chi connectivity index (χ4v) is 2.12. The summed E-state index contributed by atoms with van der Waals surface area (Å²) in [4.78, 5) is 4.30. The van der Waals surface area contributed by atoms with Crippen LogP contribution in [0.1, 0.15) is 5.56 Å². The highest BCUT2D eigenvalue weighted by atomic mass is 35.5. The summed E-state index contributed by atoms with van der Waals surface area (Å²) in [5.74, 6) is 0.300. The van der Waals surface area contributed by atoms with Gasteiger partial charge in [0.2, 0.25) is 0 Å². The van der Waals surface area contributed by atoms with Gasteiger partial charge >= 0.3 is 0 Å². The monoisotopic (exact) mass is 287 g/mol. The van der Waals surface area contributed by atoms with E-state index in [0.717, 1.165) is 10.9 Å². The molecule has 0 aliphatic heterocycles. The summed E-state index contributed by atoms with van der Waals surface area (Å²) >= 11 is 6.00. The molecule has 0 N–H and O–H groups in total. The number of ether oxygens (including phenoxy) is 1. The number of hydrogen-bond acceptors (Lipinski definition) is 2. The van der Waals surface area contributed by atoms with E-state index in [-0.39, 0.29) is 12.4 Å². The van der Waals surface area contributed by atoms with Gasteiger partial charge in [-0.3, -0.25) is 4.98 Å². The van der Waals surface area contributed by atoms with E-state index in [1.54, 1.807) is 6.20 Å². The molecule has 3 rings (SSSR count). The number of para-hydroxylation sites is 1. The lowest BCUT2D eigenvalue weighted by molar-refractivity contribution is 0.305. The van der Waals surface area contributed by atoms with Gasteiger partial charge in [0, 0.05) is 16.0 Å². The summed E-state index contributed by atoms with van der Waals surface area (Å²) in [5.41, 5.74) is 1.52. The Morgan fingerprint density at radius 3 is 2.85 bits per heavy atom. The van der Waals surface area contributed by atoms with Crippen LogP contribution >= 0.6 is 11.6 Å². The standard InChI is InChI=1S/C16H11ClFNO/c17-15-6-5-13(18)7-12(15)10-20-14-8-11-3-1-2-4-16(11)19-9-14/h1-9H,10H2. The van der Waals surface area contributed by atoms with Crippen LogP contribution in [0.4, 0.5) is 4.39 Å². The second-order valence-electron chi connectivity index (χ2n) is 4.39. The molecular formula is C16H11ClFNO. The van der Waals surface area contributed by atoms with E-state index < -0.39 is 0 Å². The van der Waals surface area contributed by atoms with Crippen molar-refractivity contribution >= 4 is 22.5 Å². The maximum absolute atomic E-state index is 13.2. The molecule has 0 spiro atoms. The highest BCUT2D eigenvalue weighted by molar-refractivity contribution is 6.31. The molecule has 2 nitrogen and oxygen atoms in total. The third-order valence-electron chi connectivity index (χ3n) is 2.97. The fraction of sp³-hybridized carbons (Fsp3) is 0.0625. The molecule has 0 bridgehead atoms. The molecule has 0 saturated heterocycles. The van der Waals surface area contributed by atoms with Gasteiger partial charge in [0.25, 0.3) is 0 Å². The first-order valence-electron chi connectivity index (χ1n) is 6.14. The Balaban J connectivity index is 1.81. The minimum atomic E-state index is -0.329. The first kappa shape index (κ1) is 12.9. The molecule has 4 heteroatoms. The van der Waals surface area contributed by atoms with Crippen LogP contribution in [0.15, 0.2) is 54.7 Å². The zero-order valence-corrected chi connectivity index (χ0v) is 11.3. The Kier molecular flexibility index (Phi) is 3.52. The van der Waals surface area contributed by atoms with Crippen molar-refractivity contribution in [2.24, 2.45) is 0 Å². The van der Waals surface area contributed by atoms with Crippen molar-refractivity contribution in [1.29, 1.82) is 0 Å². The Labute approximate surface area is 120 Å². The molecule has 0 atom stereocenters. The third-order valence-corrected chi connectivity index (χ3v) is 3.34. The Bertz CT molecular complexity index is 760. The van der Waals surface area contributed by atoms with Crippen molar-refractivity contribution in [2.45, 2.75) is 6.61 Å². The van der Waals surface area contributed by atoms with Crippen LogP contribution in [0.25, 0.3) is 10.9 Å². The predicted octanol–water partition coefficient (Wildman–Crippen LogP) is 4.61. The molecule has 3 aromatic rings. The number of hydrogen-bond donors (Lipinski definition) is 0. The summed E-state index contributed by atoms with van der Waals surface area (Å²) in [7, 11) is 0. The summed E-state index contributed by atoms with van der Waals surface area (Å²) in [6, 6.07) is 13.9. The van der Waals surface area contributed by atoms with Gasteiger partial charge < -0.3 is 4.74 Å². The van der Waals surface area contributed by atoms with Gasteiger partial charge in [-0.15, -0.1) is 0 Å². The fourth-order valence-electron chi connectivity index (χ4n) is 1.94. The Morgan fingerprint density at radius 1 is 1.10 bits per heavy atom. The Hall–Kier alpha value is -2.13. The predicted molar refractivity (Wildman–Crippen MR) is 77.5 cm³/mol. The van der Waals surface area contributed by atoms with Crippen molar-refractivity contribution in [3.63, 3.8) is 0 Å². The molecule has 0 aliphatic carbocycles. The van der Waals surface area contributed by atoms with Crippen LogP contribution in [-0.2, 0) is 6.61 Å². The van der Waals surface area contributed by atoms with Crippen molar-refractivity contribution in [2.75, 3.05) is 0 Å². The zero-order chi connectivity index (χ0) is 13.9. The Morgan fingerprint density at radius 2 is 1.95 bits per heavy atom. The molecule has 100 valence electrons. The van der Waals surface area contributed by atoms with Crippen LogP contribution in [0.2, 0.25) is 5.02 Å². The second-order valence-corrected chi connectivity index (χ2v) is 4.80. The number of pyridine rings is 1. The lowest BCUT2D eigenvalue weighted by atomic mass is 10.2. The van der Waals surface area contributed by atoms with Crippen molar-refractivity contribution in [3.8, 4) is 5.75 Å². The average molecular weight is 288 g/mol. The molecule has 0 aliphatic rings. The lowest BCUT2D eigenvalue weighted by Gasteiger charge is -2.08. The molecule has 1 heterocycles. The van der Waals surface area contributed by atoms with Gasteiger partial charge in [-0.1, -0.05) is 29.8 Å². The first-order chi connectivity index (χ1) is 9.72. The van der Waals surface area contributed by atoms with E-state index in [9.17, 15) is 4.39 Å². The van der Waals surface area contributed by atoms with Gasteiger partial charge in [-0.05, 0) is 30.3 Å². The van der Waals surface area contributed by atoms with E-state index in [2.05, 4.69) is 4.98 Å². The topological polar surface area (TPSA) is 22.1 Å². The van der Waals surface area contributed by atoms with Crippen LogP contribution in [0.5, 0.6) is 5.75 Å². The van der Waals surface area contributed by atoms with Gasteiger partial charge in [-0.25, -0.2) is 4.39 Å². The molecule has 0 saturated carbocycles. The van der Waals surface area contributed by atoms with Crippen molar-refractivity contribution in [3.05, 3.63) is 71.1 Å². The summed E-state index contributed by atoms with van der Waals surface area (Å²) < 4.78 is 18.8. The molecule has 20 heavy (non-hydrogen) atoms. The molecule has 0 amide bonds. The largest absolute Gasteiger partial charge is 0.487 e. The molecule has 0 fully saturated rings. The molecule has 2 aromatic carbocycles. The first-order valence-corrected chi connectivity index (χ1v) is 6.52. The van der Waals surface area contributed by atoms with Gasteiger partial charge in [-0.2, -0.15) is 0 Å². The number of halogens is 2. The highest BCUT2D eigenvalue weighted by Gasteiger charge is 2.04. The van der Waals surface area contributed by atoms with Crippen molar-refractivity contribution < 1.29 is 9.13 Å². The highest BCUT2D eigenvalue weighted by Crippen LogP contribution is 2.22. The number of aromatic nitrogens is 1. The van der Waals surface area contributed by atoms with Crippen LogP contribution in [0.3, 0.4) is 0 Å². The smallest absolute Gasteiger partial charge is 0.138 e. The van der Waals surface area contributed by atoms with Crippen molar-refractivity contribution in [1.82, 2.24) is 4.98 Å². The van der Waals surface area contributed by atoms with Crippen LogP contribution in [0, 0.1) is 5.82 Å². The van der Waals surface area contributed by atoms with Gasteiger partial charge in [0.15, 0.2) is 0 Å². The van der Waals surface area contributed by atoms with Crippen LogP contribution in [-0.4, -0.2) is 4.98 Å².